The molecule has 0 unspecified atom stereocenters. The van der Waals surface area contributed by atoms with Crippen LogP contribution in [0, 0.1) is 11.3 Å². The summed E-state index contributed by atoms with van der Waals surface area (Å²) in [7, 11) is 0. The second-order valence-electron chi connectivity index (χ2n) is 2.75. The molecule has 1 aromatic rings. The van der Waals surface area contributed by atoms with Crippen LogP contribution < -0.4 is 5.32 Å². The topological polar surface area (TPSA) is 52.9 Å². The van der Waals surface area contributed by atoms with Gasteiger partial charge in [-0.15, -0.1) is 0 Å². The zero-order chi connectivity index (χ0) is 10.4. The Labute approximate surface area is 86.7 Å². The van der Waals surface area contributed by atoms with E-state index in [0.29, 0.717) is 0 Å². The van der Waals surface area contributed by atoms with Crippen LogP contribution >= 0.6 is 11.3 Å². The zero-order valence-corrected chi connectivity index (χ0v) is 8.54. The van der Waals surface area contributed by atoms with Crippen molar-refractivity contribution in [1.82, 2.24) is 5.32 Å². The van der Waals surface area contributed by atoms with Crippen molar-refractivity contribution in [2.24, 2.45) is 0 Å². The molecule has 72 valence electrons. The van der Waals surface area contributed by atoms with Gasteiger partial charge in [-0.3, -0.25) is 4.79 Å². The molecule has 14 heavy (non-hydrogen) atoms. The third-order valence-electron chi connectivity index (χ3n) is 1.52. The highest BCUT2D eigenvalue weighted by Gasteiger charge is 2.00. The molecule has 0 spiro atoms. The lowest BCUT2D eigenvalue weighted by atomic mass is 10.3. The number of nitrogens with one attached hydrogen (secondary N) is 1. The van der Waals surface area contributed by atoms with E-state index in [1.807, 2.05) is 22.9 Å². The van der Waals surface area contributed by atoms with Crippen molar-refractivity contribution in [3.63, 3.8) is 0 Å². The third kappa shape index (κ3) is 3.42. The Bertz CT molecular complexity index is 362. The standard InChI is InChI=1S/C10H10N2OS/c1-8(6-11)12-10(13)3-2-9-4-5-14-7-9/h2-5,7-8H,1H3,(H,12,13)/b3-2+/t8-/m0/s1. The lowest BCUT2D eigenvalue weighted by molar-refractivity contribution is -0.116. The molecule has 0 saturated carbocycles. The van der Waals surface area contributed by atoms with Crippen LogP contribution in [0.15, 0.2) is 22.9 Å². The van der Waals surface area contributed by atoms with E-state index in [2.05, 4.69) is 5.32 Å². The number of nitriles is 1. The highest BCUT2D eigenvalue weighted by Crippen LogP contribution is 2.07. The molecule has 3 nitrogen and oxygen atoms in total. The van der Waals surface area contributed by atoms with Gasteiger partial charge in [0.25, 0.3) is 0 Å². The summed E-state index contributed by atoms with van der Waals surface area (Å²) in [6.45, 7) is 1.64. The van der Waals surface area contributed by atoms with Gasteiger partial charge in [-0.1, -0.05) is 0 Å². The van der Waals surface area contributed by atoms with Crippen LogP contribution in [-0.4, -0.2) is 11.9 Å². The monoisotopic (exact) mass is 206 g/mol. The van der Waals surface area contributed by atoms with Crippen molar-refractivity contribution in [3.8, 4) is 6.07 Å². The van der Waals surface area contributed by atoms with Gasteiger partial charge in [-0.05, 0) is 35.4 Å². The third-order valence-corrected chi connectivity index (χ3v) is 2.22. The average molecular weight is 206 g/mol. The molecule has 0 fully saturated rings. The highest BCUT2D eigenvalue weighted by atomic mass is 32.1. The smallest absolute Gasteiger partial charge is 0.245 e. The maximum absolute atomic E-state index is 11.2. The van der Waals surface area contributed by atoms with E-state index in [0.717, 1.165) is 5.56 Å². The minimum absolute atomic E-state index is 0.245. The van der Waals surface area contributed by atoms with Crippen LogP contribution in [-0.2, 0) is 4.79 Å². The summed E-state index contributed by atoms with van der Waals surface area (Å²) >= 11 is 1.57. The van der Waals surface area contributed by atoms with Crippen LogP contribution in [0.3, 0.4) is 0 Å². The normalized spacial score (nSPS) is 12.3. The SMILES string of the molecule is C[C@@H](C#N)NC(=O)/C=C/c1ccsc1. The van der Waals surface area contributed by atoms with Gasteiger partial charge < -0.3 is 5.32 Å². The molecule has 1 N–H and O–H groups in total. The fourth-order valence-corrected chi connectivity index (χ4v) is 1.46. The van der Waals surface area contributed by atoms with Crippen molar-refractivity contribution in [1.29, 1.82) is 5.26 Å². The molecule has 0 radical (unpaired) electrons. The number of hydrogen-bond donors (Lipinski definition) is 1. The Kier molecular flexibility index (Phi) is 3.89. The molecule has 1 amide bonds. The molecule has 0 saturated heterocycles. The van der Waals surface area contributed by atoms with Gasteiger partial charge in [0.1, 0.15) is 6.04 Å². The molecule has 1 atom stereocenters. The van der Waals surface area contributed by atoms with E-state index in [4.69, 9.17) is 5.26 Å². The number of rotatable bonds is 3. The first-order valence-electron chi connectivity index (χ1n) is 4.13. The summed E-state index contributed by atoms with van der Waals surface area (Å²) in [6, 6.07) is 3.39. The molecule has 1 heterocycles. The fourth-order valence-electron chi connectivity index (χ4n) is 0.836. The Morgan fingerprint density at radius 1 is 1.79 bits per heavy atom. The lowest BCUT2D eigenvalue weighted by Crippen LogP contribution is -2.29. The van der Waals surface area contributed by atoms with Crippen molar-refractivity contribution in [3.05, 3.63) is 28.5 Å². The summed E-state index contributed by atoms with van der Waals surface area (Å²) in [6.07, 6.45) is 3.14. The number of amides is 1. The lowest BCUT2D eigenvalue weighted by Gasteiger charge is -2.01. The first kappa shape index (κ1) is 10.5. The molecule has 0 aromatic carbocycles. The number of nitrogens with zero attached hydrogens (tertiary/aromatic N) is 1. The molecule has 1 rings (SSSR count). The van der Waals surface area contributed by atoms with Gasteiger partial charge in [0, 0.05) is 6.08 Å². The Morgan fingerprint density at radius 2 is 2.57 bits per heavy atom. The quantitative estimate of drug-likeness (QED) is 0.766. The molecular weight excluding hydrogens is 196 g/mol. The molecule has 0 aliphatic heterocycles. The van der Waals surface area contributed by atoms with E-state index in [1.54, 1.807) is 24.3 Å². The second kappa shape index (κ2) is 5.20. The number of hydrogen-bond acceptors (Lipinski definition) is 3. The van der Waals surface area contributed by atoms with Crippen LogP contribution in [0.4, 0.5) is 0 Å². The number of thiophene rings is 1. The molecular formula is C10H10N2OS. The maximum atomic E-state index is 11.2. The van der Waals surface area contributed by atoms with Gasteiger partial charge in [0.05, 0.1) is 6.07 Å². The van der Waals surface area contributed by atoms with E-state index in [1.165, 1.54) is 6.08 Å². The Hall–Kier alpha value is -1.60. The number of carbonyl (C=O) groups is 1. The summed E-state index contributed by atoms with van der Waals surface area (Å²) in [5, 5.41) is 14.8. The first-order valence-corrected chi connectivity index (χ1v) is 5.07. The summed E-state index contributed by atoms with van der Waals surface area (Å²) in [5.41, 5.74) is 0.995. The summed E-state index contributed by atoms with van der Waals surface area (Å²) in [5.74, 6) is -0.245. The highest BCUT2D eigenvalue weighted by molar-refractivity contribution is 7.08. The van der Waals surface area contributed by atoms with Crippen molar-refractivity contribution >= 4 is 23.3 Å². The van der Waals surface area contributed by atoms with Gasteiger partial charge >= 0.3 is 0 Å². The van der Waals surface area contributed by atoms with E-state index < -0.39 is 6.04 Å². The van der Waals surface area contributed by atoms with Crippen LogP contribution in [0.1, 0.15) is 12.5 Å². The fraction of sp³-hybridized carbons (Fsp3) is 0.200. The predicted molar refractivity (Wildman–Crippen MR) is 56.6 cm³/mol. The van der Waals surface area contributed by atoms with Crippen molar-refractivity contribution in [2.45, 2.75) is 13.0 Å². The Balaban J connectivity index is 2.46. The molecule has 4 heteroatoms. The van der Waals surface area contributed by atoms with Crippen LogP contribution in [0.5, 0.6) is 0 Å². The van der Waals surface area contributed by atoms with Crippen LogP contribution in [0.25, 0.3) is 6.08 Å². The zero-order valence-electron chi connectivity index (χ0n) is 7.73. The largest absolute Gasteiger partial charge is 0.337 e. The van der Waals surface area contributed by atoms with Crippen molar-refractivity contribution < 1.29 is 4.79 Å². The van der Waals surface area contributed by atoms with Crippen molar-refractivity contribution in [2.75, 3.05) is 0 Å². The average Bonchev–Trinajstić information content (AvgIpc) is 2.67. The summed E-state index contributed by atoms with van der Waals surface area (Å²) in [4.78, 5) is 11.2. The summed E-state index contributed by atoms with van der Waals surface area (Å²) < 4.78 is 0. The molecule has 0 aliphatic carbocycles. The first-order chi connectivity index (χ1) is 6.72. The minimum Gasteiger partial charge on any atom is -0.337 e. The van der Waals surface area contributed by atoms with Gasteiger partial charge in [0.15, 0.2) is 0 Å². The minimum atomic E-state index is -0.449. The van der Waals surface area contributed by atoms with E-state index in [-0.39, 0.29) is 5.91 Å². The van der Waals surface area contributed by atoms with E-state index in [9.17, 15) is 4.79 Å². The van der Waals surface area contributed by atoms with Gasteiger partial charge in [0.2, 0.25) is 5.91 Å². The van der Waals surface area contributed by atoms with Gasteiger partial charge in [-0.2, -0.15) is 16.6 Å². The number of carbonyl (C=O) groups excluding carboxylic acids is 1. The predicted octanol–water partition coefficient (Wildman–Crippen LogP) is 1.79. The van der Waals surface area contributed by atoms with E-state index >= 15 is 0 Å². The molecule has 1 aromatic heterocycles. The maximum Gasteiger partial charge on any atom is 0.245 e. The van der Waals surface area contributed by atoms with Gasteiger partial charge in [-0.25, -0.2) is 0 Å². The second-order valence-corrected chi connectivity index (χ2v) is 3.53. The molecule has 0 bridgehead atoms. The van der Waals surface area contributed by atoms with Crippen LogP contribution in [0.2, 0.25) is 0 Å². The Morgan fingerprint density at radius 3 is 3.14 bits per heavy atom. The molecule has 0 aliphatic rings.